The Morgan fingerprint density at radius 2 is 2.20 bits per heavy atom. The lowest BCUT2D eigenvalue weighted by atomic mass is 9.50. The van der Waals surface area contributed by atoms with Crippen LogP contribution in [0.2, 0.25) is 0 Å². The summed E-state index contributed by atoms with van der Waals surface area (Å²) in [7, 11) is 0. The van der Waals surface area contributed by atoms with Gasteiger partial charge in [0.2, 0.25) is 0 Å². The smallest absolute Gasteiger partial charge is 0.306 e. The fourth-order valence-corrected chi connectivity index (χ4v) is 6.53. The molecule has 3 heterocycles. The molecule has 7 atom stereocenters. The molecule has 0 N–H and O–H groups in total. The maximum absolute atomic E-state index is 11.6. The topological polar surface area (TPSA) is 35.5 Å². The van der Waals surface area contributed by atoms with Gasteiger partial charge in [0.15, 0.2) is 0 Å². The largest absolute Gasteiger partial charge is 0.458 e. The Morgan fingerprint density at radius 1 is 1.35 bits per heavy atom. The van der Waals surface area contributed by atoms with Crippen molar-refractivity contribution in [2.24, 2.45) is 22.7 Å². The van der Waals surface area contributed by atoms with Crippen molar-refractivity contribution >= 4 is 5.97 Å². The van der Waals surface area contributed by atoms with Crippen LogP contribution in [0, 0.1) is 22.7 Å². The van der Waals surface area contributed by atoms with Gasteiger partial charge < -0.3 is 9.47 Å². The van der Waals surface area contributed by atoms with Gasteiger partial charge in [-0.3, -0.25) is 4.79 Å². The lowest BCUT2D eigenvalue weighted by Gasteiger charge is -2.59. The molecule has 0 amide bonds. The fraction of sp³-hybridized carbons (Fsp3) is 0.824. The minimum absolute atomic E-state index is 0.0347. The first-order valence-electron chi connectivity index (χ1n) is 8.02. The van der Waals surface area contributed by atoms with Gasteiger partial charge in [-0.2, -0.15) is 0 Å². The van der Waals surface area contributed by atoms with E-state index in [0.717, 1.165) is 12.3 Å². The molecule has 2 saturated carbocycles. The van der Waals surface area contributed by atoms with Crippen molar-refractivity contribution in [3.8, 4) is 0 Å². The summed E-state index contributed by atoms with van der Waals surface area (Å²) in [6.07, 6.45) is 10.1. The van der Waals surface area contributed by atoms with Gasteiger partial charge in [-0.05, 0) is 50.0 Å². The monoisotopic (exact) mass is 274 g/mol. The van der Waals surface area contributed by atoms with Gasteiger partial charge in [-0.15, -0.1) is 0 Å². The van der Waals surface area contributed by atoms with Crippen LogP contribution < -0.4 is 0 Å². The lowest BCUT2D eigenvalue weighted by Crippen LogP contribution is -2.59. The molecule has 0 aromatic carbocycles. The van der Waals surface area contributed by atoms with E-state index in [1.54, 1.807) is 0 Å². The van der Waals surface area contributed by atoms with Crippen molar-refractivity contribution in [1.82, 2.24) is 0 Å². The van der Waals surface area contributed by atoms with Gasteiger partial charge in [0.25, 0.3) is 0 Å². The van der Waals surface area contributed by atoms with Crippen molar-refractivity contribution < 1.29 is 14.3 Å². The van der Waals surface area contributed by atoms with Crippen LogP contribution in [-0.2, 0) is 14.3 Å². The number of hydrogen-bond acceptors (Lipinski definition) is 3. The minimum Gasteiger partial charge on any atom is -0.458 e. The summed E-state index contributed by atoms with van der Waals surface area (Å²) in [5, 5.41) is 0. The molecule has 6 aliphatic rings. The van der Waals surface area contributed by atoms with Crippen LogP contribution in [0.3, 0.4) is 0 Å². The predicted molar refractivity (Wildman–Crippen MR) is 72.9 cm³/mol. The van der Waals surface area contributed by atoms with Crippen LogP contribution in [0.25, 0.3) is 0 Å². The number of carbonyl (C=O) groups is 1. The van der Waals surface area contributed by atoms with E-state index in [4.69, 9.17) is 9.47 Å². The third-order valence-corrected chi connectivity index (χ3v) is 7.19. The number of carbonyl (C=O) groups excluding carboxylic acids is 1. The first-order valence-corrected chi connectivity index (χ1v) is 8.02. The molecule has 0 radical (unpaired) electrons. The summed E-state index contributed by atoms with van der Waals surface area (Å²) >= 11 is 0. The molecule has 3 saturated heterocycles. The Labute approximate surface area is 119 Å². The van der Waals surface area contributed by atoms with E-state index in [0.29, 0.717) is 23.9 Å². The molecule has 0 aromatic heterocycles. The van der Waals surface area contributed by atoms with Gasteiger partial charge in [-0.25, -0.2) is 0 Å². The maximum Gasteiger partial charge on any atom is 0.306 e. The molecule has 4 bridgehead atoms. The second-order valence-corrected chi connectivity index (χ2v) is 8.27. The summed E-state index contributed by atoms with van der Waals surface area (Å²) in [6, 6.07) is 0. The third-order valence-electron chi connectivity index (χ3n) is 7.19. The number of ether oxygens (including phenoxy) is 2. The molecular formula is C17H22O3. The quantitative estimate of drug-likeness (QED) is 0.503. The molecular weight excluding hydrogens is 252 g/mol. The maximum atomic E-state index is 11.6. The molecule has 0 aromatic rings. The van der Waals surface area contributed by atoms with Crippen molar-refractivity contribution in [3.63, 3.8) is 0 Å². The second-order valence-electron chi connectivity index (χ2n) is 8.27. The van der Waals surface area contributed by atoms with Crippen molar-refractivity contribution in [1.29, 1.82) is 0 Å². The van der Waals surface area contributed by atoms with Crippen LogP contribution in [0.1, 0.15) is 46.0 Å². The Kier molecular flexibility index (Phi) is 1.86. The fourth-order valence-electron chi connectivity index (χ4n) is 6.53. The second kappa shape index (κ2) is 3.16. The molecule has 5 fully saturated rings. The first-order chi connectivity index (χ1) is 9.45. The van der Waals surface area contributed by atoms with Crippen LogP contribution >= 0.6 is 0 Å². The average molecular weight is 274 g/mol. The predicted octanol–water partition coefficient (Wildman–Crippen LogP) is 2.84. The third kappa shape index (κ3) is 1.13. The molecule has 5 unspecified atom stereocenters. The molecule has 1 spiro atoms. The van der Waals surface area contributed by atoms with Gasteiger partial charge in [0, 0.05) is 17.8 Å². The van der Waals surface area contributed by atoms with Gasteiger partial charge in [0.05, 0.1) is 11.7 Å². The number of esters is 1. The molecule has 3 nitrogen and oxygen atoms in total. The van der Waals surface area contributed by atoms with E-state index in [2.05, 4.69) is 26.0 Å². The number of rotatable bonds is 0. The van der Waals surface area contributed by atoms with Crippen molar-refractivity contribution in [3.05, 3.63) is 12.2 Å². The van der Waals surface area contributed by atoms with Gasteiger partial charge in [0.1, 0.15) is 6.10 Å². The number of fused-ring (bicyclic) bond motifs is 1. The van der Waals surface area contributed by atoms with Crippen LogP contribution in [0.4, 0.5) is 0 Å². The lowest BCUT2D eigenvalue weighted by molar-refractivity contribution is -0.203. The highest BCUT2D eigenvalue weighted by Gasteiger charge is 2.72. The highest BCUT2D eigenvalue weighted by Crippen LogP contribution is 2.72. The molecule has 3 aliphatic carbocycles. The van der Waals surface area contributed by atoms with E-state index in [1.807, 2.05) is 0 Å². The summed E-state index contributed by atoms with van der Waals surface area (Å²) < 4.78 is 12.1. The Balaban J connectivity index is 1.64. The minimum atomic E-state index is -0.0352. The van der Waals surface area contributed by atoms with E-state index >= 15 is 0 Å². The Hall–Kier alpha value is -0.830. The van der Waals surface area contributed by atoms with Crippen molar-refractivity contribution in [2.75, 3.05) is 0 Å². The van der Waals surface area contributed by atoms with E-state index in [1.165, 1.54) is 19.3 Å². The van der Waals surface area contributed by atoms with Crippen molar-refractivity contribution in [2.45, 2.75) is 63.8 Å². The Bertz CT molecular complexity index is 540. The van der Waals surface area contributed by atoms with E-state index < -0.39 is 0 Å². The zero-order chi connectivity index (χ0) is 13.8. The molecule has 3 heteroatoms. The molecule has 20 heavy (non-hydrogen) atoms. The first kappa shape index (κ1) is 11.8. The van der Waals surface area contributed by atoms with E-state index in [9.17, 15) is 4.79 Å². The molecule has 108 valence electrons. The van der Waals surface area contributed by atoms with Gasteiger partial charge in [-0.1, -0.05) is 13.0 Å². The summed E-state index contributed by atoms with van der Waals surface area (Å²) in [5.74, 6) is 1.23. The van der Waals surface area contributed by atoms with Gasteiger partial charge >= 0.3 is 5.97 Å². The van der Waals surface area contributed by atoms with Crippen LogP contribution in [0.15, 0.2) is 12.2 Å². The summed E-state index contributed by atoms with van der Waals surface area (Å²) in [5.41, 5.74) is 0.500. The number of allylic oxidation sites excluding steroid dienone is 1. The molecule has 3 aliphatic heterocycles. The summed E-state index contributed by atoms with van der Waals surface area (Å²) in [4.78, 5) is 11.6. The van der Waals surface area contributed by atoms with Crippen LogP contribution in [-0.4, -0.2) is 23.8 Å². The summed E-state index contributed by atoms with van der Waals surface area (Å²) in [6.45, 7) is 4.64. The zero-order valence-corrected chi connectivity index (χ0v) is 12.2. The van der Waals surface area contributed by atoms with Crippen LogP contribution in [0.5, 0.6) is 0 Å². The molecule has 6 rings (SSSR count). The zero-order valence-electron chi connectivity index (χ0n) is 12.2. The highest BCUT2D eigenvalue weighted by atomic mass is 16.5. The normalized spacial score (nSPS) is 62.2. The number of hydrogen-bond donors (Lipinski definition) is 0. The SMILES string of the molecule is CC12CC34C=C[C@@H]5OC(=O)CC[C@@]5(C)C3C(CC1C4)O2. The highest BCUT2D eigenvalue weighted by molar-refractivity contribution is 5.71. The van der Waals surface area contributed by atoms with E-state index in [-0.39, 0.29) is 23.1 Å². The average Bonchev–Trinajstić information content (AvgIpc) is 2.73. The Morgan fingerprint density at radius 3 is 3.00 bits per heavy atom. The standard InChI is InChI=1S/C17H22O3/c1-15-5-4-13(18)19-12(15)3-6-17-8-10-7-11(14(15)17)20-16(10,2)9-17/h3,6,10-12,14H,4-5,7-9H2,1-2H3/t10?,11?,12-,14?,15+,16?,17?/m0/s1.